The van der Waals surface area contributed by atoms with Gasteiger partial charge in [-0.05, 0) is 52.7 Å². The molecule has 0 heterocycles. The summed E-state index contributed by atoms with van der Waals surface area (Å²) < 4.78 is 27.1. The molecule has 2 N–H and O–H groups in total. The van der Waals surface area contributed by atoms with E-state index in [-0.39, 0.29) is 5.54 Å². The molecule has 0 saturated carbocycles. The van der Waals surface area contributed by atoms with Crippen molar-refractivity contribution < 1.29 is 8.42 Å². The molecule has 114 valence electrons. The first-order chi connectivity index (χ1) is 9.19. The lowest BCUT2D eigenvalue weighted by atomic mass is 10.1. The summed E-state index contributed by atoms with van der Waals surface area (Å²) in [7, 11) is 2.26. The Labute approximate surface area is 122 Å². The smallest absolute Gasteiger partial charge is 0.240 e. The third kappa shape index (κ3) is 4.56. The van der Waals surface area contributed by atoms with E-state index >= 15 is 0 Å². The molecule has 5 nitrogen and oxygen atoms in total. The average molecular weight is 299 g/mol. The first-order valence-corrected chi connectivity index (χ1v) is 8.08. The quantitative estimate of drug-likeness (QED) is 0.789. The van der Waals surface area contributed by atoms with Crippen molar-refractivity contribution in [3.05, 3.63) is 29.8 Å². The summed E-state index contributed by atoms with van der Waals surface area (Å²) in [6.07, 6.45) is 0. The van der Waals surface area contributed by atoms with E-state index in [1.807, 2.05) is 52.0 Å². The topological polar surface area (TPSA) is 61.4 Å². The number of rotatable bonds is 7. The van der Waals surface area contributed by atoms with Crippen molar-refractivity contribution in [1.82, 2.24) is 14.9 Å². The fourth-order valence-corrected chi connectivity index (χ4v) is 2.71. The van der Waals surface area contributed by atoms with Crippen LogP contribution in [0.25, 0.3) is 0 Å². The molecule has 0 aromatic heterocycles. The Morgan fingerprint density at radius 1 is 1.15 bits per heavy atom. The lowest BCUT2D eigenvalue weighted by Crippen LogP contribution is -2.48. The average Bonchev–Trinajstić information content (AvgIpc) is 2.38. The predicted molar refractivity (Wildman–Crippen MR) is 82.2 cm³/mol. The van der Waals surface area contributed by atoms with Crippen LogP contribution >= 0.6 is 0 Å². The van der Waals surface area contributed by atoms with Crippen LogP contribution in [0.1, 0.15) is 19.4 Å². The number of nitrogens with zero attached hydrogens (tertiary/aromatic N) is 1. The molecule has 0 bridgehead atoms. The third-order valence-corrected chi connectivity index (χ3v) is 4.94. The van der Waals surface area contributed by atoms with E-state index in [1.54, 1.807) is 12.1 Å². The van der Waals surface area contributed by atoms with Crippen molar-refractivity contribution in [2.75, 3.05) is 27.7 Å². The highest BCUT2D eigenvalue weighted by Gasteiger charge is 2.24. The van der Waals surface area contributed by atoms with E-state index in [9.17, 15) is 8.42 Å². The maximum absolute atomic E-state index is 12.2. The molecule has 1 rings (SSSR count). The summed E-state index contributed by atoms with van der Waals surface area (Å²) in [6.45, 7) is 5.07. The minimum absolute atomic E-state index is 0.237. The van der Waals surface area contributed by atoms with Crippen LogP contribution in [0.3, 0.4) is 0 Å². The molecule has 20 heavy (non-hydrogen) atoms. The second kappa shape index (κ2) is 6.67. The zero-order valence-electron chi connectivity index (χ0n) is 12.9. The molecular formula is C14H25N3O2S. The van der Waals surface area contributed by atoms with E-state index in [4.69, 9.17) is 0 Å². The highest BCUT2D eigenvalue weighted by atomic mass is 32.2. The highest BCUT2D eigenvalue weighted by Crippen LogP contribution is 2.13. The number of sulfonamides is 1. The second-order valence-electron chi connectivity index (χ2n) is 5.71. The molecule has 0 fully saturated rings. The first-order valence-electron chi connectivity index (χ1n) is 6.60. The van der Waals surface area contributed by atoms with E-state index in [0.29, 0.717) is 11.4 Å². The zero-order valence-corrected chi connectivity index (χ0v) is 13.7. The normalized spacial score (nSPS) is 12.9. The van der Waals surface area contributed by atoms with E-state index in [2.05, 4.69) is 10.0 Å². The van der Waals surface area contributed by atoms with Crippen molar-refractivity contribution in [3.8, 4) is 0 Å². The Bertz CT molecular complexity index is 522. The molecule has 1 aromatic carbocycles. The van der Waals surface area contributed by atoms with Crippen LogP contribution < -0.4 is 10.0 Å². The number of likely N-dealkylation sites (N-methyl/N-ethyl adjacent to an activating group) is 1. The number of hydrogen-bond acceptors (Lipinski definition) is 4. The number of benzene rings is 1. The Hall–Kier alpha value is -0.950. The minimum atomic E-state index is -3.46. The molecule has 6 heteroatoms. The lowest BCUT2D eigenvalue weighted by molar-refractivity contribution is 0.199. The van der Waals surface area contributed by atoms with Gasteiger partial charge in [0, 0.05) is 18.6 Å². The minimum Gasteiger partial charge on any atom is -0.316 e. The molecular weight excluding hydrogens is 274 g/mol. The van der Waals surface area contributed by atoms with Gasteiger partial charge < -0.3 is 10.2 Å². The fraction of sp³-hybridized carbons (Fsp3) is 0.571. The first kappa shape index (κ1) is 17.1. The van der Waals surface area contributed by atoms with Crippen molar-refractivity contribution in [2.24, 2.45) is 0 Å². The van der Waals surface area contributed by atoms with Crippen molar-refractivity contribution >= 4 is 10.0 Å². The Morgan fingerprint density at radius 3 is 2.15 bits per heavy atom. The maximum Gasteiger partial charge on any atom is 0.240 e. The Morgan fingerprint density at radius 2 is 1.70 bits per heavy atom. The highest BCUT2D eigenvalue weighted by molar-refractivity contribution is 7.89. The molecule has 0 aliphatic heterocycles. The van der Waals surface area contributed by atoms with Crippen LogP contribution in [0.2, 0.25) is 0 Å². The van der Waals surface area contributed by atoms with Gasteiger partial charge in [-0.25, -0.2) is 13.1 Å². The van der Waals surface area contributed by atoms with Crippen molar-refractivity contribution in [2.45, 2.75) is 30.8 Å². The molecule has 0 atom stereocenters. The molecule has 0 amide bonds. The SMILES string of the molecule is CNCc1ccc(S(=O)(=O)NCC(C)(C)N(C)C)cc1. The van der Waals surface area contributed by atoms with E-state index in [1.165, 1.54) is 0 Å². The van der Waals surface area contributed by atoms with Gasteiger partial charge in [0.15, 0.2) is 0 Å². The molecule has 0 radical (unpaired) electrons. The summed E-state index contributed by atoms with van der Waals surface area (Å²) >= 11 is 0. The van der Waals surface area contributed by atoms with Crippen LogP contribution in [0.5, 0.6) is 0 Å². The van der Waals surface area contributed by atoms with Crippen LogP contribution in [-0.2, 0) is 16.6 Å². The Kier molecular flexibility index (Phi) is 5.70. The van der Waals surface area contributed by atoms with Gasteiger partial charge >= 0.3 is 0 Å². The molecule has 0 unspecified atom stereocenters. The standard InChI is InChI=1S/C14H25N3O2S/c1-14(2,17(4)5)11-16-20(18,19)13-8-6-12(7-9-13)10-15-3/h6-9,15-16H,10-11H2,1-5H3. The summed E-state index contributed by atoms with van der Waals surface area (Å²) in [6, 6.07) is 6.92. The van der Waals surface area contributed by atoms with Gasteiger partial charge in [-0.15, -0.1) is 0 Å². The van der Waals surface area contributed by atoms with Crippen LogP contribution in [0, 0.1) is 0 Å². The second-order valence-corrected chi connectivity index (χ2v) is 7.47. The molecule has 0 aliphatic carbocycles. The largest absolute Gasteiger partial charge is 0.316 e. The van der Waals surface area contributed by atoms with Crippen LogP contribution in [0.4, 0.5) is 0 Å². The maximum atomic E-state index is 12.2. The van der Waals surface area contributed by atoms with Gasteiger partial charge in [0.25, 0.3) is 0 Å². The zero-order chi connectivity index (χ0) is 15.4. The fourth-order valence-electron chi connectivity index (χ4n) is 1.50. The number of hydrogen-bond donors (Lipinski definition) is 2. The van der Waals surface area contributed by atoms with Crippen molar-refractivity contribution in [1.29, 1.82) is 0 Å². The molecule has 1 aromatic rings. The van der Waals surface area contributed by atoms with E-state index < -0.39 is 10.0 Å². The van der Waals surface area contributed by atoms with Crippen LogP contribution in [-0.4, -0.2) is 46.5 Å². The van der Waals surface area contributed by atoms with Crippen molar-refractivity contribution in [3.63, 3.8) is 0 Å². The molecule has 0 saturated heterocycles. The molecule has 0 spiro atoms. The third-order valence-electron chi connectivity index (χ3n) is 3.52. The summed E-state index contributed by atoms with van der Waals surface area (Å²) in [5, 5.41) is 3.03. The molecule has 0 aliphatic rings. The lowest BCUT2D eigenvalue weighted by Gasteiger charge is -2.32. The summed E-state index contributed by atoms with van der Waals surface area (Å²) in [4.78, 5) is 2.29. The monoisotopic (exact) mass is 299 g/mol. The predicted octanol–water partition coefficient (Wildman–Crippen LogP) is 1.02. The number of nitrogens with one attached hydrogen (secondary N) is 2. The summed E-state index contributed by atoms with van der Waals surface area (Å²) in [5.74, 6) is 0. The van der Waals surface area contributed by atoms with Gasteiger partial charge in [0.1, 0.15) is 0 Å². The van der Waals surface area contributed by atoms with E-state index in [0.717, 1.165) is 12.1 Å². The Balaban J connectivity index is 2.79. The van der Waals surface area contributed by atoms with Gasteiger partial charge in [0.2, 0.25) is 10.0 Å². The van der Waals surface area contributed by atoms with Gasteiger partial charge in [-0.3, -0.25) is 0 Å². The van der Waals surface area contributed by atoms with Crippen LogP contribution in [0.15, 0.2) is 29.2 Å². The van der Waals surface area contributed by atoms with Gasteiger partial charge in [0.05, 0.1) is 4.90 Å². The summed E-state index contributed by atoms with van der Waals surface area (Å²) in [5.41, 5.74) is 0.819. The van der Waals surface area contributed by atoms with Gasteiger partial charge in [-0.1, -0.05) is 12.1 Å². The van der Waals surface area contributed by atoms with Gasteiger partial charge in [-0.2, -0.15) is 0 Å².